The highest BCUT2D eigenvalue weighted by Gasteiger charge is 2.26. The number of aryl methyl sites for hydroxylation is 1. The van der Waals surface area contributed by atoms with E-state index in [0.29, 0.717) is 11.4 Å². The number of imidazole rings is 1. The molecule has 0 radical (unpaired) electrons. The summed E-state index contributed by atoms with van der Waals surface area (Å²) in [5.41, 5.74) is 0.486. The van der Waals surface area contributed by atoms with Crippen LogP contribution in [0.2, 0.25) is 0 Å². The molecule has 5 nitrogen and oxygen atoms in total. The second-order valence-electron chi connectivity index (χ2n) is 4.94. The molecule has 0 spiro atoms. The summed E-state index contributed by atoms with van der Waals surface area (Å²) in [5, 5.41) is 1.69. The Hall–Kier alpha value is -2.03. The molecule has 8 heteroatoms. The van der Waals surface area contributed by atoms with Gasteiger partial charge in [0.25, 0.3) is 10.0 Å². The summed E-state index contributed by atoms with van der Waals surface area (Å²) in [5.74, 6) is 0.0489. The molecule has 0 unspecified atom stereocenters. The molecule has 0 fully saturated rings. The summed E-state index contributed by atoms with van der Waals surface area (Å²) in [4.78, 5) is 4.20. The van der Waals surface area contributed by atoms with Gasteiger partial charge in [-0.05, 0) is 29.1 Å². The minimum atomic E-state index is -3.73. The van der Waals surface area contributed by atoms with Gasteiger partial charge in [0, 0.05) is 19.4 Å². The maximum absolute atomic E-state index is 13.6. The molecule has 3 rings (SSSR count). The van der Waals surface area contributed by atoms with E-state index in [4.69, 9.17) is 0 Å². The lowest BCUT2D eigenvalue weighted by Crippen LogP contribution is -2.30. The van der Waals surface area contributed by atoms with Gasteiger partial charge < -0.3 is 4.57 Å². The van der Waals surface area contributed by atoms with Gasteiger partial charge >= 0.3 is 0 Å². The van der Waals surface area contributed by atoms with Gasteiger partial charge in [-0.1, -0.05) is 18.2 Å². The Morgan fingerprint density at radius 2 is 2.13 bits per heavy atom. The van der Waals surface area contributed by atoms with Crippen molar-refractivity contribution in [2.24, 2.45) is 7.05 Å². The van der Waals surface area contributed by atoms with Crippen LogP contribution < -0.4 is 4.72 Å². The molecule has 1 N–H and O–H groups in total. The molecule has 0 saturated heterocycles. The third kappa shape index (κ3) is 3.34. The number of thiophene rings is 1. The first-order valence-electron chi connectivity index (χ1n) is 6.76. The molecule has 0 aliphatic carbocycles. The SMILES string of the molecule is Cn1ccnc1[C@H](NS(=O)(=O)c1cccs1)c1cccc(F)c1. The van der Waals surface area contributed by atoms with E-state index in [0.717, 1.165) is 11.3 Å². The quantitative estimate of drug-likeness (QED) is 0.769. The molecule has 0 aliphatic heterocycles. The zero-order valence-corrected chi connectivity index (χ0v) is 13.8. The van der Waals surface area contributed by atoms with Gasteiger partial charge in [-0.2, -0.15) is 4.72 Å². The standard InChI is InChI=1S/C15H14FN3O2S2/c1-19-8-7-17-15(19)14(11-4-2-5-12(16)10-11)18-23(20,21)13-6-3-9-22-13/h2-10,14,18H,1H3/t14-/m1/s1. The summed E-state index contributed by atoms with van der Waals surface area (Å²) in [7, 11) is -1.97. The molecule has 0 amide bonds. The van der Waals surface area contributed by atoms with Crippen molar-refractivity contribution in [1.29, 1.82) is 0 Å². The van der Waals surface area contributed by atoms with Gasteiger partial charge in [0.2, 0.25) is 0 Å². The van der Waals surface area contributed by atoms with E-state index < -0.39 is 21.9 Å². The highest BCUT2D eigenvalue weighted by atomic mass is 32.2. The predicted molar refractivity (Wildman–Crippen MR) is 86.1 cm³/mol. The first-order chi connectivity index (χ1) is 11.0. The smallest absolute Gasteiger partial charge is 0.251 e. The topological polar surface area (TPSA) is 64.0 Å². The van der Waals surface area contributed by atoms with Gasteiger partial charge in [-0.25, -0.2) is 17.8 Å². The van der Waals surface area contributed by atoms with Crippen LogP contribution in [0.4, 0.5) is 4.39 Å². The van der Waals surface area contributed by atoms with Crippen molar-refractivity contribution in [1.82, 2.24) is 14.3 Å². The molecule has 3 aromatic rings. The van der Waals surface area contributed by atoms with E-state index in [1.807, 2.05) is 0 Å². The van der Waals surface area contributed by atoms with Crippen LogP contribution in [-0.4, -0.2) is 18.0 Å². The largest absolute Gasteiger partial charge is 0.336 e. The van der Waals surface area contributed by atoms with E-state index in [2.05, 4.69) is 9.71 Å². The summed E-state index contributed by atoms with van der Waals surface area (Å²) in [6.45, 7) is 0. The molecule has 0 saturated carbocycles. The second kappa shape index (κ2) is 6.23. The molecule has 0 aliphatic rings. The molecule has 120 valence electrons. The van der Waals surface area contributed by atoms with Gasteiger partial charge in [0.15, 0.2) is 0 Å². The molecule has 2 aromatic heterocycles. The summed E-state index contributed by atoms with van der Waals surface area (Å²) >= 11 is 1.12. The van der Waals surface area contributed by atoms with Crippen molar-refractivity contribution in [3.05, 3.63) is 71.4 Å². The first-order valence-corrected chi connectivity index (χ1v) is 9.12. The van der Waals surface area contributed by atoms with Crippen molar-refractivity contribution in [3.8, 4) is 0 Å². The predicted octanol–water partition coefficient (Wildman–Crippen LogP) is 2.69. The van der Waals surface area contributed by atoms with Gasteiger partial charge in [0.1, 0.15) is 21.9 Å². The fourth-order valence-corrected chi connectivity index (χ4v) is 4.43. The Kier molecular flexibility index (Phi) is 4.29. The lowest BCUT2D eigenvalue weighted by molar-refractivity contribution is 0.562. The van der Waals surface area contributed by atoms with Crippen molar-refractivity contribution >= 4 is 21.4 Å². The lowest BCUT2D eigenvalue weighted by Gasteiger charge is -2.18. The average Bonchev–Trinajstić information content (AvgIpc) is 3.16. The molecule has 0 bridgehead atoms. The highest BCUT2D eigenvalue weighted by Crippen LogP contribution is 2.25. The minimum Gasteiger partial charge on any atom is -0.336 e. The number of nitrogens with one attached hydrogen (secondary N) is 1. The van der Waals surface area contributed by atoms with Crippen LogP contribution in [0.3, 0.4) is 0 Å². The number of nitrogens with zero attached hydrogens (tertiary/aromatic N) is 2. The van der Waals surface area contributed by atoms with E-state index in [1.165, 1.54) is 18.2 Å². The Morgan fingerprint density at radius 3 is 2.74 bits per heavy atom. The molecule has 23 heavy (non-hydrogen) atoms. The van der Waals surface area contributed by atoms with Crippen LogP contribution in [0.25, 0.3) is 0 Å². The molecule has 1 atom stereocenters. The van der Waals surface area contributed by atoms with Gasteiger partial charge in [-0.3, -0.25) is 0 Å². The van der Waals surface area contributed by atoms with E-state index in [-0.39, 0.29) is 4.21 Å². The zero-order valence-electron chi connectivity index (χ0n) is 12.2. The summed E-state index contributed by atoms with van der Waals surface area (Å²) < 4.78 is 43.2. The third-order valence-corrected chi connectivity index (χ3v) is 6.15. The Labute approximate surface area is 137 Å². The Balaban J connectivity index is 2.05. The number of benzene rings is 1. The molecular weight excluding hydrogens is 337 g/mol. The van der Waals surface area contributed by atoms with Crippen LogP contribution in [0.15, 0.2) is 58.4 Å². The van der Waals surface area contributed by atoms with Crippen molar-refractivity contribution in [3.63, 3.8) is 0 Å². The third-order valence-electron chi connectivity index (χ3n) is 3.33. The van der Waals surface area contributed by atoms with E-state index in [1.54, 1.807) is 47.6 Å². The van der Waals surface area contributed by atoms with Crippen LogP contribution in [-0.2, 0) is 17.1 Å². The number of aromatic nitrogens is 2. The first kappa shape index (κ1) is 15.9. The van der Waals surface area contributed by atoms with Crippen molar-refractivity contribution in [2.45, 2.75) is 10.3 Å². The van der Waals surface area contributed by atoms with Gasteiger partial charge in [-0.15, -0.1) is 11.3 Å². The maximum Gasteiger partial charge on any atom is 0.251 e. The molecule has 2 heterocycles. The van der Waals surface area contributed by atoms with Crippen LogP contribution in [0.5, 0.6) is 0 Å². The molecular formula is C15H14FN3O2S2. The second-order valence-corrected chi connectivity index (χ2v) is 7.83. The summed E-state index contributed by atoms with van der Waals surface area (Å²) in [6.07, 6.45) is 3.28. The van der Waals surface area contributed by atoms with E-state index in [9.17, 15) is 12.8 Å². The number of rotatable bonds is 5. The maximum atomic E-state index is 13.6. The number of hydrogen-bond donors (Lipinski definition) is 1. The lowest BCUT2D eigenvalue weighted by atomic mass is 10.1. The fraction of sp³-hybridized carbons (Fsp3) is 0.133. The van der Waals surface area contributed by atoms with Crippen LogP contribution in [0.1, 0.15) is 17.4 Å². The molecule has 1 aromatic carbocycles. The van der Waals surface area contributed by atoms with Crippen molar-refractivity contribution < 1.29 is 12.8 Å². The summed E-state index contributed by atoms with van der Waals surface area (Å²) in [6, 6.07) is 8.23. The Bertz CT molecular complexity index is 904. The monoisotopic (exact) mass is 351 g/mol. The van der Waals surface area contributed by atoms with Crippen LogP contribution in [0, 0.1) is 5.82 Å². The zero-order chi connectivity index (χ0) is 16.4. The van der Waals surface area contributed by atoms with Crippen LogP contribution >= 0.6 is 11.3 Å². The number of hydrogen-bond acceptors (Lipinski definition) is 4. The number of halogens is 1. The number of sulfonamides is 1. The fourth-order valence-electron chi connectivity index (χ4n) is 2.24. The van der Waals surface area contributed by atoms with Crippen molar-refractivity contribution in [2.75, 3.05) is 0 Å². The average molecular weight is 351 g/mol. The Morgan fingerprint density at radius 1 is 1.30 bits per heavy atom. The van der Waals surface area contributed by atoms with E-state index >= 15 is 0 Å². The highest BCUT2D eigenvalue weighted by molar-refractivity contribution is 7.91. The normalized spacial score (nSPS) is 13.1. The van der Waals surface area contributed by atoms with Gasteiger partial charge in [0.05, 0.1) is 0 Å². The minimum absolute atomic E-state index is 0.202.